The fraction of sp³-hybridized carbons (Fsp3) is 0.400. The fourth-order valence-electron chi connectivity index (χ4n) is 2.12. The summed E-state index contributed by atoms with van der Waals surface area (Å²) in [5.41, 5.74) is 1.87. The average Bonchev–Trinajstić information content (AvgIpc) is 2.91. The van der Waals surface area contributed by atoms with Crippen molar-refractivity contribution < 1.29 is 9.53 Å². The van der Waals surface area contributed by atoms with Gasteiger partial charge in [0, 0.05) is 12.7 Å². The first-order chi connectivity index (χ1) is 9.13. The molecule has 1 aliphatic rings. The molecule has 1 aromatic rings. The van der Waals surface area contributed by atoms with Crippen LogP contribution in [0, 0.1) is 0 Å². The van der Waals surface area contributed by atoms with Crippen molar-refractivity contribution in [2.75, 3.05) is 18.1 Å². The number of ether oxygens (including phenoxy) is 1. The van der Waals surface area contributed by atoms with Crippen molar-refractivity contribution in [3.63, 3.8) is 0 Å². The molecule has 4 heteroatoms. The Morgan fingerprint density at radius 2 is 2.32 bits per heavy atom. The molecule has 1 aliphatic heterocycles. The molecule has 1 heterocycles. The molecule has 0 spiro atoms. The van der Waals surface area contributed by atoms with Crippen molar-refractivity contribution >= 4 is 23.3 Å². The summed E-state index contributed by atoms with van der Waals surface area (Å²) in [5, 5.41) is 0.667. The lowest BCUT2D eigenvalue weighted by atomic mass is 10.0. The molecule has 0 radical (unpaired) electrons. The Hall–Kier alpha value is -1.48. The van der Waals surface area contributed by atoms with Crippen molar-refractivity contribution in [1.29, 1.82) is 0 Å². The topological polar surface area (TPSA) is 29.5 Å². The van der Waals surface area contributed by atoms with Crippen molar-refractivity contribution in [3.8, 4) is 0 Å². The molecule has 0 aromatic heterocycles. The van der Waals surface area contributed by atoms with Crippen LogP contribution in [0.1, 0.15) is 31.7 Å². The maximum absolute atomic E-state index is 11.7. The molecule has 0 saturated carbocycles. The smallest absolute Gasteiger partial charge is 0.313 e. The zero-order chi connectivity index (χ0) is 13.8. The Bertz CT molecular complexity index is 499. The van der Waals surface area contributed by atoms with Crippen LogP contribution < -0.4 is 4.90 Å². The van der Waals surface area contributed by atoms with Gasteiger partial charge in [0.15, 0.2) is 0 Å². The quantitative estimate of drug-likeness (QED) is 0.787. The van der Waals surface area contributed by atoms with Crippen molar-refractivity contribution in [3.05, 3.63) is 41.1 Å². The van der Waals surface area contributed by atoms with Gasteiger partial charge in [0.25, 0.3) is 0 Å². The highest BCUT2D eigenvalue weighted by Crippen LogP contribution is 2.31. The standard InChI is InChI=1S/C15H18ClNO2/c1-3-19-15(18)11(2)12-6-7-14(13(16)10-12)17-8-4-5-9-17/h4,6-8,10-11H,3,5,9H2,1-2H3. The number of anilines is 1. The van der Waals surface area contributed by atoms with E-state index < -0.39 is 0 Å². The van der Waals surface area contributed by atoms with Gasteiger partial charge in [0.2, 0.25) is 0 Å². The summed E-state index contributed by atoms with van der Waals surface area (Å²) < 4.78 is 5.02. The summed E-state index contributed by atoms with van der Waals surface area (Å²) in [6.07, 6.45) is 5.19. The predicted octanol–water partition coefficient (Wildman–Crippen LogP) is 3.73. The molecule has 3 nitrogen and oxygen atoms in total. The summed E-state index contributed by atoms with van der Waals surface area (Å²) in [7, 11) is 0. The van der Waals surface area contributed by atoms with Gasteiger partial charge in [-0.15, -0.1) is 0 Å². The third kappa shape index (κ3) is 3.10. The summed E-state index contributed by atoms with van der Waals surface area (Å²) in [6, 6.07) is 5.75. The number of hydrogen-bond acceptors (Lipinski definition) is 3. The lowest BCUT2D eigenvalue weighted by Gasteiger charge is -2.19. The van der Waals surface area contributed by atoms with Gasteiger partial charge in [0.1, 0.15) is 0 Å². The first-order valence-electron chi connectivity index (χ1n) is 6.53. The normalized spacial score (nSPS) is 15.6. The molecule has 0 aliphatic carbocycles. The van der Waals surface area contributed by atoms with E-state index in [1.807, 2.05) is 31.3 Å². The van der Waals surface area contributed by atoms with E-state index in [4.69, 9.17) is 16.3 Å². The van der Waals surface area contributed by atoms with Crippen LogP contribution in [-0.4, -0.2) is 19.1 Å². The molecule has 0 bridgehead atoms. The number of carbonyl (C=O) groups excluding carboxylic acids is 1. The van der Waals surface area contributed by atoms with Crippen LogP contribution in [0.5, 0.6) is 0 Å². The molecule has 19 heavy (non-hydrogen) atoms. The molecule has 102 valence electrons. The van der Waals surface area contributed by atoms with Crippen LogP contribution in [0.15, 0.2) is 30.5 Å². The van der Waals surface area contributed by atoms with Gasteiger partial charge in [-0.3, -0.25) is 4.79 Å². The minimum absolute atomic E-state index is 0.215. The van der Waals surface area contributed by atoms with Crippen LogP contribution in [0.3, 0.4) is 0 Å². The molecular weight excluding hydrogens is 262 g/mol. The highest BCUT2D eigenvalue weighted by atomic mass is 35.5. The van der Waals surface area contributed by atoms with Crippen LogP contribution in [-0.2, 0) is 9.53 Å². The van der Waals surface area contributed by atoms with Gasteiger partial charge in [-0.1, -0.05) is 23.7 Å². The number of hydrogen-bond donors (Lipinski definition) is 0. The third-order valence-electron chi connectivity index (χ3n) is 3.24. The van der Waals surface area contributed by atoms with Crippen molar-refractivity contribution in [2.24, 2.45) is 0 Å². The number of rotatable bonds is 4. The Labute approximate surface area is 118 Å². The largest absolute Gasteiger partial charge is 0.466 e. The van der Waals surface area contributed by atoms with Gasteiger partial charge >= 0.3 is 5.97 Å². The van der Waals surface area contributed by atoms with Gasteiger partial charge in [-0.2, -0.15) is 0 Å². The summed E-state index contributed by atoms with van der Waals surface area (Å²) in [5.74, 6) is -0.506. The van der Waals surface area contributed by atoms with Gasteiger partial charge < -0.3 is 9.64 Å². The number of halogens is 1. The lowest BCUT2D eigenvalue weighted by Crippen LogP contribution is -2.15. The second-order valence-electron chi connectivity index (χ2n) is 4.55. The third-order valence-corrected chi connectivity index (χ3v) is 3.55. The number of carbonyl (C=O) groups is 1. The Morgan fingerprint density at radius 3 is 2.89 bits per heavy atom. The summed E-state index contributed by atoms with van der Waals surface area (Å²) in [4.78, 5) is 13.8. The Balaban J connectivity index is 2.18. The second kappa shape index (κ2) is 6.11. The number of nitrogens with zero attached hydrogens (tertiary/aromatic N) is 1. The highest BCUT2D eigenvalue weighted by molar-refractivity contribution is 6.33. The summed E-state index contributed by atoms with van der Waals surface area (Å²) in [6.45, 7) is 4.99. The molecular formula is C15H18ClNO2. The monoisotopic (exact) mass is 279 g/mol. The van der Waals surface area contributed by atoms with Crippen LogP contribution >= 0.6 is 11.6 Å². The SMILES string of the molecule is CCOC(=O)C(C)c1ccc(N2C=CCC2)c(Cl)c1. The van der Waals surface area contributed by atoms with E-state index in [9.17, 15) is 4.79 Å². The van der Waals surface area contributed by atoms with Crippen molar-refractivity contribution in [1.82, 2.24) is 0 Å². The van der Waals surface area contributed by atoms with Crippen LogP contribution in [0.25, 0.3) is 0 Å². The van der Waals surface area contributed by atoms with E-state index >= 15 is 0 Å². The molecule has 0 fully saturated rings. The second-order valence-corrected chi connectivity index (χ2v) is 4.96. The van der Waals surface area contributed by atoms with Gasteiger partial charge in [0.05, 0.1) is 23.2 Å². The number of esters is 1. The van der Waals surface area contributed by atoms with E-state index in [1.165, 1.54) is 0 Å². The minimum atomic E-state index is -0.291. The highest BCUT2D eigenvalue weighted by Gasteiger charge is 2.18. The lowest BCUT2D eigenvalue weighted by molar-refractivity contribution is -0.144. The Kier molecular flexibility index (Phi) is 4.48. The van der Waals surface area contributed by atoms with E-state index in [1.54, 1.807) is 6.92 Å². The van der Waals surface area contributed by atoms with Gasteiger partial charge in [-0.05, 0) is 38.0 Å². The zero-order valence-corrected chi connectivity index (χ0v) is 12.0. The van der Waals surface area contributed by atoms with E-state index in [-0.39, 0.29) is 11.9 Å². The van der Waals surface area contributed by atoms with E-state index in [0.29, 0.717) is 11.6 Å². The maximum Gasteiger partial charge on any atom is 0.313 e. The average molecular weight is 280 g/mol. The van der Waals surface area contributed by atoms with Crippen LogP contribution in [0.4, 0.5) is 5.69 Å². The zero-order valence-electron chi connectivity index (χ0n) is 11.2. The molecule has 0 saturated heterocycles. The molecule has 1 aromatic carbocycles. The maximum atomic E-state index is 11.7. The van der Waals surface area contributed by atoms with Gasteiger partial charge in [-0.25, -0.2) is 0 Å². The first kappa shape index (κ1) is 13.9. The molecule has 0 N–H and O–H groups in total. The first-order valence-corrected chi connectivity index (χ1v) is 6.90. The molecule has 1 atom stereocenters. The molecule has 0 amide bonds. The Morgan fingerprint density at radius 1 is 1.53 bits per heavy atom. The van der Waals surface area contributed by atoms with E-state index in [0.717, 1.165) is 24.2 Å². The van der Waals surface area contributed by atoms with Crippen molar-refractivity contribution in [2.45, 2.75) is 26.2 Å². The summed E-state index contributed by atoms with van der Waals surface area (Å²) >= 11 is 6.31. The molecule has 1 unspecified atom stereocenters. The molecule has 2 rings (SSSR count). The minimum Gasteiger partial charge on any atom is -0.466 e. The fourth-order valence-corrected chi connectivity index (χ4v) is 2.42. The predicted molar refractivity (Wildman–Crippen MR) is 77.6 cm³/mol. The van der Waals surface area contributed by atoms with Crippen LogP contribution in [0.2, 0.25) is 5.02 Å². The number of benzene rings is 1. The van der Waals surface area contributed by atoms with E-state index in [2.05, 4.69) is 11.0 Å².